The first-order chi connectivity index (χ1) is 13.1. The first-order valence-corrected chi connectivity index (χ1v) is 10.4. The van der Waals surface area contributed by atoms with Gasteiger partial charge in [-0.05, 0) is 24.8 Å². The zero-order valence-electron chi connectivity index (χ0n) is 14.8. The van der Waals surface area contributed by atoms with Crippen LogP contribution in [0.2, 0.25) is 0 Å². The largest absolute Gasteiger partial charge is 0.350 e. The molecule has 1 amide bonds. The number of nitrogens with one attached hydrogen (secondary N) is 1. The normalized spacial score (nSPS) is 11.3. The summed E-state index contributed by atoms with van der Waals surface area (Å²) in [6.45, 7) is 2.38. The zero-order chi connectivity index (χ0) is 19.0. The van der Waals surface area contributed by atoms with E-state index in [1.807, 2.05) is 49.6 Å². The van der Waals surface area contributed by atoms with Gasteiger partial charge in [-0.1, -0.05) is 42.1 Å². The van der Waals surface area contributed by atoms with Crippen molar-refractivity contribution in [1.29, 1.82) is 0 Å². The van der Waals surface area contributed by atoms with E-state index in [-0.39, 0.29) is 18.0 Å². The minimum Gasteiger partial charge on any atom is -0.350 e. The maximum Gasteiger partial charge on any atom is 0.270 e. The summed E-state index contributed by atoms with van der Waals surface area (Å²) in [5, 5.41) is 8.39. The fourth-order valence-electron chi connectivity index (χ4n) is 2.86. The Kier molecular flexibility index (Phi) is 4.71. The monoisotopic (exact) mass is 399 g/mol. The van der Waals surface area contributed by atoms with Crippen LogP contribution in [0.1, 0.15) is 10.4 Å². The van der Waals surface area contributed by atoms with E-state index in [4.69, 9.17) is 0 Å². The Morgan fingerprint density at radius 1 is 1.30 bits per heavy atom. The molecule has 138 valence electrons. The molecule has 27 heavy (non-hydrogen) atoms. The fraction of sp³-hybridized carbons (Fsp3) is 0.222. The summed E-state index contributed by atoms with van der Waals surface area (Å²) in [6, 6.07) is 11.5. The van der Waals surface area contributed by atoms with E-state index in [1.165, 1.54) is 32.2 Å². The average molecular weight is 400 g/mol. The van der Waals surface area contributed by atoms with E-state index < -0.39 is 0 Å². The Bertz CT molecular complexity index is 1190. The van der Waals surface area contributed by atoms with Crippen LogP contribution in [-0.2, 0) is 17.9 Å². The van der Waals surface area contributed by atoms with Crippen molar-refractivity contribution in [3.8, 4) is 0 Å². The Balaban J connectivity index is 1.67. The molecule has 0 aliphatic heterocycles. The van der Waals surface area contributed by atoms with E-state index in [0.717, 1.165) is 10.4 Å². The van der Waals surface area contributed by atoms with Gasteiger partial charge in [0.25, 0.3) is 5.56 Å². The summed E-state index contributed by atoms with van der Waals surface area (Å²) in [6.07, 6.45) is 1.84. The molecule has 3 heterocycles. The first-order valence-electron chi connectivity index (χ1n) is 8.31. The van der Waals surface area contributed by atoms with Crippen LogP contribution in [0.3, 0.4) is 0 Å². The zero-order valence-corrected chi connectivity index (χ0v) is 16.4. The lowest BCUT2D eigenvalue weighted by Gasteiger charge is -2.05. The van der Waals surface area contributed by atoms with Gasteiger partial charge in [0.15, 0.2) is 5.16 Å². The number of thiophene rings is 1. The highest BCUT2D eigenvalue weighted by Gasteiger charge is 2.18. The van der Waals surface area contributed by atoms with Gasteiger partial charge < -0.3 is 5.32 Å². The highest BCUT2D eigenvalue weighted by atomic mass is 32.2. The summed E-state index contributed by atoms with van der Waals surface area (Å²) < 4.78 is 2.96. The van der Waals surface area contributed by atoms with Crippen LogP contribution in [0.15, 0.2) is 46.3 Å². The molecule has 4 rings (SSSR count). The lowest BCUT2D eigenvalue weighted by atomic mass is 10.2. The molecule has 0 saturated heterocycles. The van der Waals surface area contributed by atoms with E-state index >= 15 is 0 Å². The molecular weight excluding hydrogens is 382 g/mol. The van der Waals surface area contributed by atoms with Crippen molar-refractivity contribution in [2.45, 2.75) is 25.2 Å². The minimum atomic E-state index is -0.187. The molecule has 0 atom stereocenters. The van der Waals surface area contributed by atoms with Gasteiger partial charge in [-0.15, -0.1) is 16.4 Å². The fourth-order valence-corrected chi connectivity index (χ4v) is 4.25. The highest BCUT2D eigenvalue weighted by molar-refractivity contribution is 7.98. The van der Waals surface area contributed by atoms with Gasteiger partial charge in [0.2, 0.25) is 11.7 Å². The number of amides is 1. The van der Waals surface area contributed by atoms with Crippen LogP contribution in [0.5, 0.6) is 0 Å². The van der Waals surface area contributed by atoms with Gasteiger partial charge in [0.1, 0.15) is 11.4 Å². The number of hydrogen-bond acceptors (Lipinski definition) is 6. The smallest absolute Gasteiger partial charge is 0.270 e. The number of hydrogen-bond donors (Lipinski definition) is 1. The Labute approximate surface area is 163 Å². The van der Waals surface area contributed by atoms with E-state index in [0.29, 0.717) is 27.7 Å². The Hall–Kier alpha value is -2.65. The lowest BCUT2D eigenvalue weighted by molar-refractivity contribution is -0.121. The molecule has 0 radical (unpaired) electrons. The van der Waals surface area contributed by atoms with E-state index in [1.54, 1.807) is 0 Å². The van der Waals surface area contributed by atoms with Gasteiger partial charge >= 0.3 is 0 Å². The Morgan fingerprint density at radius 2 is 2.07 bits per heavy atom. The predicted molar refractivity (Wildman–Crippen MR) is 107 cm³/mol. The number of nitrogens with zero attached hydrogens (tertiary/aromatic N) is 4. The van der Waals surface area contributed by atoms with Gasteiger partial charge in [-0.3, -0.25) is 9.59 Å². The molecule has 0 spiro atoms. The molecule has 0 aliphatic rings. The van der Waals surface area contributed by atoms with Crippen LogP contribution < -0.4 is 10.9 Å². The highest BCUT2D eigenvalue weighted by Crippen LogP contribution is 2.22. The van der Waals surface area contributed by atoms with Gasteiger partial charge in [0, 0.05) is 11.4 Å². The third-order valence-corrected chi connectivity index (χ3v) is 5.68. The predicted octanol–water partition coefficient (Wildman–Crippen LogP) is 2.45. The topological polar surface area (TPSA) is 81.3 Å². The van der Waals surface area contributed by atoms with Crippen molar-refractivity contribution < 1.29 is 4.79 Å². The number of thioether (sulfide) groups is 1. The van der Waals surface area contributed by atoms with Gasteiger partial charge in [-0.25, -0.2) is 14.1 Å². The molecule has 1 N–H and O–H groups in total. The second kappa shape index (κ2) is 7.16. The molecule has 0 bridgehead atoms. The van der Waals surface area contributed by atoms with Crippen molar-refractivity contribution in [2.24, 2.45) is 0 Å². The van der Waals surface area contributed by atoms with E-state index in [9.17, 15) is 9.59 Å². The molecule has 0 aliphatic carbocycles. The number of carbonyl (C=O) groups is 1. The quantitative estimate of drug-likeness (QED) is 0.522. The third-order valence-electron chi connectivity index (χ3n) is 4.11. The number of aryl methyl sites for hydroxylation is 1. The van der Waals surface area contributed by atoms with Crippen LogP contribution >= 0.6 is 23.1 Å². The summed E-state index contributed by atoms with van der Waals surface area (Å²) >= 11 is 2.81. The molecule has 0 saturated carbocycles. The lowest BCUT2D eigenvalue weighted by Crippen LogP contribution is -2.28. The standard InChI is InChI=1S/C18H17N5O2S2/c1-11-8-13-15(27-11)20-17-22(21-18(26-2)23(17)16(13)25)10-14(24)19-9-12-6-4-3-5-7-12/h3-8H,9-10H2,1-2H3,(H,19,24). The Morgan fingerprint density at radius 3 is 2.81 bits per heavy atom. The van der Waals surface area contributed by atoms with Crippen LogP contribution in [0.25, 0.3) is 16.0 Å². The number of rotatable bonds is 5. The van der Waals surface area contributed by atoms with Gasteiger partial charge in [-0.2, -0.15) is 0 Å². The molecule has 0 unspecified atom stereocenters. The molecular formula is C18H17N5O2S2. The maximum absolute atomic E-state index is 12.9. The molecule has 7 nitrogen and oxygen atoms in total. The van der Waals surface area contributed by atoms with Crippen molar-refractivity contribution in [1.82, 2.24) is 24.5 Å². The average Bonchev–Trinajstić information content (AvgIpc) is 3.21. The first kappa shape index (κ1) is 17.7. The maximum atomic E-state index is 12.9. The molecule has 3 aromatic heterocycles. The second-order valence-corrected chi connectivity index (χ2v) is 8.04. The van der Waals surface area contributed by atoms with Crippen molar-refractivity contribution in [2.75, 3.05) is 6.26 Å². The molecule has 4 aromatic rings. The SMILES string of the molecule is CSc1nn(CC(=O)NCc2ccccc2)c2nc3sc(C)cc3c(=O)n12. The third kappa shape index (κ3) is 3.35. The summed E-state index contributed by atoms with van der Waals surface area (Å²) in [5.41, 5.74) is 0.866. The minimum absolute atomic E-state index is 0.000796. The van der Waals surface area contributed by atoms with Crippen molar-refractivity contribution >= 4 is 45.0 Å². The van der Waals surface area contributed by atoms with Crippen LogP contribution in [0.4, 0.5) is 0 Å². The molecule has 0 fully saturated rings. The van der Waals surface area contributed by atoms with Crippen molar-refractivity contribution in [3.05, 3.63) is 57.2 Å². The van der Waals surface area contributed by atoms with Gasteiger partial charge in [0.05, 0.1) is 5.39 Å². The number of fused-ring (bicyclic) bond motifs is 2. The second-order valence-electron chi connectivity index (χ2n) is 6.03. The van der Waals surface area contributed by atoms with E-state index in [2.05, 4.69) is 15.4 Å². The van der Waals surface area contributed by atoms with Crippen LogP contribution in [0, 0.1) is 6.92 Å². The number of aromatic nitrogens is 4. The number of benzene rings is 1. The summed E-state index contributed by atoms with van der Waals surface area (Å²) in [5.74, 6) is 0.196. The van der Waals surface area contributed by atoms with Crippen molar-refractivity contribution in [3.63, 3.8) is 0 Å². The van der Waals surface area contributed by atoms with Crippen LogP contribution in [-0.4, -0.2) is 31.3 Å². The molecule has 1 aromatic carbocycles. The number of carbonyl (C=O) groups excluding carboxylic acids is 1. The summed E-state index contributed by atoms with van der Waals surface area (Å²) in [4.78, 5) is 31.5. The summed E-state index contributed by atoms with van der Waals surface area (Å²) in [7, 11) is 0. The molecule has 9 heteroatoms.